The van der Waals surface area contributed by atoms with E-state index >= 15 is 0 Å². The van der Waals surface area contributed by atoms with Crippen LogP contribution in [-0.2, 0) is 4.79 Å². The zero-order valence-electron chi connectivity index (χ0n) is 24.6. The van der Waals surface area contributed by atoms with Crippen LogP contribution in [-0.4, -0.2) is 51.9 Å². The topological polar surface area (TPSA) is 117 Å². The first kappa shape index (κ1) is 29.5. The molecule has 0 atom stereocenters. The van der Waals surface area contributed by atoms with Gasteiger partial charge in [-0.25, -0.2) is 9.97 Å². The van der Waals surface area contributed by atoms with Gasteiger partial charge in [0.1, 0.15) is 6.33 Å². The first-order valence-electron chi connectivity index (χ1n) is 14.8. The molecule has 0 radical (unpaired) electrons. The third-order valence-corrected chi connectivity index (χ3v) is 8.03. The SMILES string of the molecule is O=C(NNc1ncnc(N2CCN(C(c3ccccc3)c3ccccc3)CC2)c1[N+](=O)[O-])C(c1ccccc1)c1ccccc1. The number of benzene rings is 4. The summed E-state index contributed by atoms with van der Waals surface area (Å²) in [4.78, 5) is 38.2. The van der Waals surface area contributed by atoms with E-state index in [0.29, 0.717) is 26.2 Å². The monoisotopic (exact) mass is 599 g/mol. The van der Waals surface area contributed by atoms with Crippen LogP contribution < -0.4 is 15.8 Å². The van der Waals surface area contributed by atoms with Gasteiger partial charge in [0.25, 0.3) is 0 Å². The minimum absolute atomic E-state index is 0.0598. The smallest absolute Gasteiger partial charge is 0.348 e. The molecule has 4 aromatic carbocycles. The average Bonchev–Trinajstić information content (AvgIpc) is 3.09. The van der Waals surface area contributed by atoms with Gasteiger partial charge in [-0.1, -0.05) is 121 Å². The summed E-state index contributed by atoms with van der Waals surface area (Å²) in [5.41, 5.74) is 9.09. The van der Waals surface area contributed by atoms with Crippen molar-refractivity contribution in [2.45, 2.75) is 12.0 Å². The number of hydrogen-bond acceptors (Lipinski definition) is 8. The number of amides is 1. The second kappa shape index (κ2) is 13.8. The van der Waals surface area contributed by atoms with E-state index in [4.69, 9.17) is 0 Å². The molecule has 2 N–H and O–H groups in total. The Kier molecular flexibility index (Phi) is 9.03. The van der Waals surface area contributed by atoms with Crippen LogP contribution in [0.4, 0.5) is 17.3 Å². The van der Waals surface area contributed by atoms with Crippen LogP contribution in [0, 0.1) is 10.1 Å². The van der Waals surface area contributed by atoms with Gasteiger partial charge in [0.2, 0.25) is 17.5 Å². The normalized spacial score (nSPS) is 13.5. The molecule has 0 saturated carbocycles. The summed E-state index contributed by atoms with van der Waals surface area (Å²) < 4.78 is 0. The summed E-state index contributed by atoms with van der Waals surface area (Å²) in [6.07, 6.45) is 1.28. The summed E-state index contributed by atoms with van der Waals surface area (Å²) in [6.45, 7) is 2.41. The molecule has 2 heterocycles. The highest BCUT2D eigenvalue weighted by Gasteiger charge is 2.32. The third kappa shape index (κ3) is 6.66. The minimum Gasteiger partial charge on any atom is -0.348 e. The van der Waals surface area contributed by atoms with Crippen molar-refractivity contribution in [3.63, 3.8) is 0 Å². The van der Waals surface area contributed by atoms with E-state index in [1.165, 1.54) is 17.5 Å². The number of carbonyl (C=O) groups excluding carboxylic acids is 1. The zero-order chi connectivity index (χ0) is 31.0. The van der Waals surface area contributed by atoms with E-state index in [-0.39, 0.29) is 29.3 Å². The molecule has 0 bridgehead atoms. The van der Waals surface area contributed by atoms with E-state index in [1.807, 2.05) is 102 Å². The second-order valence-electron chi connectivity index (χ2n) is 10.8. The van der Waals surface area contributed by atoms with Gasteiger partial charge in [-0.05, 0) is 22.3 Å². The second-order valence-corrected chi connectivity index (χ2v) is 10.8. The van der Waals surface area contributed by atoms with Gasteiger partial charge in [0, 0.05) is 26.2 Å². The fourth-order valence-corrected chi connectivity index (χ4v) is 5.92. The van der Waals surface area contributed by atoms with Crippen molar-refractivity contribution >= 4 is 23.2 Å². The molecule has 0 spiro atoms. The number of hydrogen-bond donors (Lipinski definition) is 2. The van der Waals surface area contributed by atoms with Gasteiger partial charge in [-0.15, -0.1) is 0 Å². The highest BCUT2D eigenvalue weighted by Crippen LogP contribution is 2.35. The molecular weight excluding hydrogens is 566 g/mol. The number of rotatable bonds is 10. The van der Waals surface area contributed by atoms with Gasteiger partial charge in [-0.2, -0.15) is 0 Å². The molecule has 226 valence electrons. The summed E-state index contributed by atoms with van der Waals surface area (Å²) in [7, 11) is 0. The quantitative estimate of drug-likeness (QED) is 0.158. The molecule has 1 aliphatic heterocycles. The number of hydrazine groups is 1. The molecule has 0 unspecified atom stereocenters. The maximum atomic E-state index is 13.5. The number of piperazine rings is 1. The Morgan fingerprint density at radius 2 is 1.16 bits per heavy atom. The number of aromatic nitrogens is 2. The van der Waals surface area contributed by atoms with E-state index in [0.717, 1.165) is 11.1 Å². The van der Waals surface area contributed by atoms with Crippen molar-refractivity contribution in [3.05, 3.63) is 160 Å². The average molecular weight is 600 g/mol. The van der Waals surface area contributed by atoms with E-state index < -0.39 is 10.8 Å². The maximum Gasteiger partial charge on any atom is 0.355 e. The predicted molar refractivity (Wildman–Crippen MR) is 174 cm³/mol. The first-order valence-corrected chi connectivity index (χ1v) is 14.8. The molecule has 45 heavy (non-hydrogen) atoms. The molecule has 5 aromatic rings. The Hall–Kier alpha value is -5.61. The van der Waals surface area contributed by atoms with Crippen LogP contribution in [0.25, 0.3) is 0 Å². The first-order chi connectivity index (χ1) is 22.1. The van der Waals surface area contributed by atoms with Crippen LogP contribution in [0.3, 0.4) is 0 Å². The summed E-state index contributed by atoms with van der Waals surface area (Å²) in [5.74, 6) is -0.865. The van der Waals surface area contributed by atoms with Crippen LogP contribution in [0.1, 0.15) is 34.2 Å². The van der Waals surface area contributed by atoms with Crippen molar-refractivity contribution in [1.82, 2.24) is 20.3 Å². The zero-order valence-corrected chi connectivity index (χ0v) is 24.6. The van der Waals surface area contributed by atoms with E-state index in [2.05, 4.69) is 50.0 Å². The van der Waals surface area contributed by atoms with Crippen LogP contribution in [0.5, 0.6) is 0 Å². The Morgan fingerprint density at radius 1 is 0.689 bits per heavy atom. The van der Waals surface area contributed by atoms with Crippen molar-refractivity contribution in [2.24, 2.45) is 0 Å². The molecule has 10 nitrogen and oxygen atoms in total. The lowest BCUT2D eigenvalue weighted by molar-refractivity contribution is -0.383. The Morgan fingerprint density at radius 3 is 1.62 bits per heavy atom. The minimum atomic E-state index is -0.629. The van der Waals surface area contributed by atoms with Crippen LogP contribution in [0.15, 0.2) is 128 Å². The van der Waals surface area contributed by atoms with Gasteiger partial charge in [-0.3, -0.25) is 30.7 Å². The molecule has 1 aromatic heterocycles. The molecule has 10 heteroatoms. The summed E-state index contributed by atoms with van der Waals surface area (Å²) >= 11 is 0. The fraction of sp³-hybridized carbons (Fsp3) is 0.171. The number of nitrogens with zero attached hydrogens (tertiary/aromatic N) is 5. The number of nitrogens with one attached hydrogen (secondary N) is 2. The molecule has 0 aliphatic carbocycles. The van der Waals surface area contributed by atoms with E-state index in [1.54, 1.807) is 0 Å². The molecular formula is C35H33N7O3. The van der Waals surface area contributed by atoms with Crippen molar-refractivity contribution in [3.8, 4) is 0 Å². The van der Waals surface area contributed by atoms with Crippen LogP contribution >= 0.6 is 0 Å². The molecule has 1 aliphatic rings. The standard InChI is InChI=1S/C35H33N7O3/c43-35(30(26-13-5-1-6-14-26)27-15-7-2-8-16-27)39-38-33-32(42(44)45)34(37-25-36-33)41-23-21-40(22-24-41)31(28-17-9-3-10-18-28)29-19-11-4-12-20-29/h1-20,25,30-31H,21-24H2,(H,39,43)(H,36,37,38). The third-order valence-electron chi connectivity index (χ3n) is 8.03. The van der Waals surface area contributed by atoms with E-state index in [9.17, 15) is 14.9 Å². The Bertz CT molecular complexity index is 1640. The lowest BCUT2D eigenvalue weighted by Gasteiger charge is -2.40. The molecule has 1 amide bonds. The fourth-order valence-electron chi connectivity index (χ4n) is 5.92. The van der Waals surface area contributed by atoms with Crippen molar-refractivity contribution in [2.75, 3.05) is 36.5 Å². The Labute approximate surface area is 261 Å². The van der Waals surface area contributed by atoms with Gasteiger partial charge < -0.3 is 4.90 Å². The molecule has 1 fully saturated rings. The lowest BCUT2D eigenvalue weighted by Crippen LogP contribution is -2.48. The van der Waals surface area contributed by atoms with Crippen LogP contribution in [0.2, 0.25) is 0 Å². The predicted octanol–water partition coefficient (Wildman–Crippen LogP) is 5.57. The number of anilines is 2. The lowest BCUT2D eigenvalue weighted by atomic mass is 9.91. The van der Waals surface area contributed by atoms with Crippen molar-refractivity contribution in [1.29, 1.82) is 0 Å². The highest BCUT2D eigenvalue weighted by atomic mass is 16.6. The largest absolute Gasteiger partial charge is 0.355 e. The van der Waals surface area contributed by atoms with Gasteiger partial charge >= 0.3 is 5.69 Å². The highest BCUT2D eigenvalue weighted by molar-refractivity contribution is 5.88. The number of nitro groups is 1. The Balaban J connectivity index is 1.20. The van der Waals surface area contributed by atoms with Gasteiger partial charge in [0.05, 0.1) is 16.9 Å². The maximum absolute atomic E-state index is 13.5. The number of carbonyl (C=O) groups is 1. The van der Waals surface area contributed by atoms with Crippen molar-refractivity contribution < 1.29 is 9.72 Å². The molecule has 1 saturated heterocycles. The summed E-state index contributed by atoms with van der Waals surface area (Å²) in [5, 5.41) is 12.4. The molecule has 6 rings (SSSR count). The summed E-state index contributed by atoms with van der Waals surface area (Å²) in [6, 6.07) is 39.5. The van der Waals surface area contributed by atoms with Gasteiger partial charge in [0.15, 0.2) is 0 Å².